The van der Waals surface area contributed by atoms with Crippen LogP contribution in [-0.2, 0) is 14.4 Å². The summed E-state index contributed by atoms with van der Waals surface area (Å²) in [5.74, 6) is -0.394. The molecule has 5 N–H and O–H groups in total. The Morgan fingerprint density at radius 3 is 2.61 bits per heavy atom. The Hall–Kier alpha value is -4.19. The van der Waals surface area contributed by atoms with Crippen molar-refractivity contribution in [2.24, 2.45) is 0 Å². The molecule has 1 aromatic carbocycles. The highest BCUT2D eigenvalue weighted by Crippen LogP contribution is 2.26. The lowest BCUT2D eigenvalue weighted by atomic mass is 9.99. The van der Waals surface area contributed by atoms with Crippen LogP contribution in [0, 0.1) is 12.3 Å². The van der Waals surface area contributed by atoms with E-state index < -0.39 is 11.8 Å². The lowest BCUT2D eigenvalue weighted by Crippen LogP contribution is -2.45. The van der Waals surface area contributed by atoms with Crippen LogP contribution in [-0.4, -0.2) is 62.3 Å². The van der Waals surface area contributed by atoms with Crippen LogP contribution in [0.3, 0.4) is 0 Å². The van der Waals surface area contributed by atoms with E-state index >= 15 is 0 Å². The highest BCUT2D eigenvalue weighted by atomic mass is 79.9. The molecule has 196 valence electrons. The van der Waals surface area contributed by atoms with Crippen molar-refractivity contribution in [1.29, 1.82) is 5.41 Å². The molecule has 1 saturated heterocycles. The first-order valence-corrected chi connectivity index (χ1v) is 12.7. The quantitative estimate of drug-likeness (QED) is 0.233. The molecule has 0 spiro atoms. The molecular weight excluding hydrogens is 552 g/mol. The molecule has 0 aliphatic carbocycles. The third-order valence-electron chi connectivity index (χ3n) is 6.26. The molecule has 11 nitrogen and oxygen atoms in total. The van der Waals surface area contributed by atoms with Crippen LogP contribution < -0.4 is 16.4 Å². The zero-order valence-corrected chi connectivity index (χ0v) is 22.5. The summed E-state index contributed by atoms with van der Waals surface area (Å²) in [6.45, 7) is 3.50. The van der Waals surface area contributed by atoms with Crippen LogP contribution in [0.4, 0.5) is 17.5 Å². The monoisotopic (exact) mass is 578 g/mol. The molecule has 1 fully saturated rings. The number of carbonyl (C=O) groups is 3. The Balaban J connectivity index is 1.49. The Morgan fingerprint density at radius 2 is 1.89 bits per heavy atom. The molecule has 3 heterocycles. The number of nitrogens with zero attached hydrogens (tertiary/aromatic N) is 4. The number of rotatable bonds is 8. The summed E-state index contributed by atoms with van der Waals surface area (Å²) in [6.07, 6.45) is 4.36. The van der Waals surface area contributed by atoms with Crippen LogP contribution in [0.25, 0.3) is 11.1 Å². The van der Waals surface area contributed by atoms with Crippen LogP contribution in [0.5, 0.6) is 0 Å². The number of carbonyl (C=O) groups excluding carboxylic acids is 3. The van der Waals surface area contributed by atoms with Crippen LogP contribution in [0.2, 0.25) is 0 Å². The first kappa shape index (κ1) is 26.9. The molecular formula is C26H27BrN8O3. The number of nitrogen functional groups attached to an aromatic ring is 1. The molecule has 38 heavy (non-hydrogen) atoms. The largest absolute Gasteiger partial charge is 0.376 e. The molecule has 3 aromatic rings. The van der Waals surface area contributed by atoms with E-state index in [1.165, 1.54) is 6.92 Å². The van der Waals surface area contributed by atoms with E-state index in [2.05, 4.69) is 41.5 Å². The summed E-state index contributed by atoms with van der Waals surface area (Å²) in [5, 5.41) is 14.2. The van der Waals surface area contributed by atoms with Crippen molar-refractivity contribution in [3.8, 4) is 11.1 Å². The number of benzene rings is 1. The number of aromatic nitrogens is 3. The number of aryl methyl sites for hydroxylation is 1. The minimum Gasteiger partial charge on any atom is -0.376 e. The van der Waals surface area contributed by atoms with Crippen molar-refractivity contribution in [2.45, 2.75) is 32.7 Å². The number of nitrogens with two attached hydrogens (primary N) is 1. The Bertz CT molecular complexity index is 1410. The van der Waals surface area contributed by atoms with Gasteiger partial charge in [-0.1, -0.05) is 12.1 Å². The summed E-state index contributed by atoms with van der Waals surface area (Å²) in [5.41, 5.74) is 8.33. The number of ketones is 1. The molecule has 12 heteroatoms. The van der Waals surface area contributed by atoms with Crippen molar-refractivity contribution < 1.29 is 14.4 Å². The molecule has 2 amide bonds. The fourth-order valence-corrected chi connectivity index (χ4v) is 4.51. The number of pyridine rings is 1. The lowest BCUT2D eigenvalue weighted by molar-refractivity contribution is -0.135. The Kier molecular flexibility index (Phi) is 8.10. The number of likely N-dealkylation sites (tertiary alicyclic amines) is 1. The predicted molar refractivity (Wildman–Crippen MR) is 148 cm³/mol. The van der Waals surface area contributed by atoms with Crippen molar-refractivity contribution in [3.05, 3.63) is 58.5 Å². The zero-order valence-electron chi connectivity index (χ0n) is 20.9. The lowest BCUT2D eigenvalue weighted by Gasteiger charge is -2.25. The average molecular weight is 579 g/mol. The van der Waals surface area contributed by atoms with Gasteiger partial charge in [0.05, 0.1) is 6.54 Å². The highest BCUT2D eigenvalue weighted by molar-refractivity contribution is 9.10. The van der Waals surface area contributed by atoms with Gasteiger partial charge < -0.3 is 21.3 Å². The standard InChI is InChI=1S/C26H27BrN8O3/c1-14-5-8-21(27)33-24(14)34-25(38)20-4-3-9-35(20)22(37)13-30-19-7-6-16(10-18(19)23(28)15(2)36)17-11-31-26(29)32-12-17/h5-8,10-12,20,28,30H,3-4,9,13H2,1-2H3,(H2,29,31,32)(H,33,34,38). The van der Waals surface area contributed by atoms with E-state index in [1.807, 2.05) is 13.0 Å². The van der Waals surface area contributed by atoms with E-state index in [0.717, 1.165) is 5.56 Å². The number of anilines is 3. The number of hydrogen-bond donors (Lipinski definition) is 4. The molecule has 0 bridgehead atoms. The molecule has 2 aromatic heterocycles. The van der Waals surface area contributed by atoms with Crippen LogP contribution >= 0.6 is 15.9 Å². The van der Waals surface area contributed by atoms with Crippen molar-refractivity contribution in [3.63, 3.8) is 0 Å². The Labute approximate surface area is 227 Å². The van der Waals surface area contributed by atoms with Gasteiger partial charge in [-0.05, 0) is 65.0 Å². The maximum absolute atomic E-state index is 13.2. The molecule has 1 aliphatic rings. The van der Waals surface area contributed by atoms with Crippen LogP contribution in [0.15, 0.2) is 47.3 Å². The van der Waals surface area contributed by atoms with Gasteiger partial charge in [0.15, 0.2) is 5.78 Å². The SMILES string of the molecule is CC(=O)C(=N)c1cc(-c2cnc(N)nc2)ccc1NCC(=O)N1CCCC1C(=O)Nc1nc(Br)ccc1C. The number of Topliss-reactive ketones (excluding diaryl/α,β-unsaturated/α-hetero) is 1. The maximum atomic E-state index is 13.2. The summed E-state index contributed by atoms with van der Waals surface area (Å²) < 4.78 is 0.601. The van der Waals surface area contributed by atoms with E-state index in [4.69, 9.17) is 11.1 Å². The molecule has 1 aliphatic heterocycles. The van der Waals surface area contributed by atoms with E-state index in [-0.39, 0.29) is 30.0 Å². The van der Waals surface area contributed by atoms with Gasteiger partial charge in [-0.25, -0.2) is 15.0 Å². The van der Waals surface area contributed by atoms with Gasteiger partial charge in [0, 0.05) is 42.7 Å². The predicted octanol–water partition coefficient (Wildman–Crippen LogP) is 3.19. The van der Waals surface area contributed by atoms with Gasteiger partial charge in [-0.15, -0.1) is 0 Å². The summed E-state index contributed by atoms with van der Waals surface area (Å²) in [6, 6.07) is 8.16. The minimum absolute atomic E-state index is 0.111. The van der Waals surface area contributed by atoms with Crippen molar-refractivity contribution in [1.82, 2.24) is 19.9 Å². The van der Waals surface area contributed by atoms with Crippen LogP contribution in [0.1, 0.15) is 30.9 Å². The third-order valence-corrected chi connectivity index (χ3v) is 6.70. The Morgan fingerprint density at radius 1 is 1.16 bits per heavy atom. The van der Waals surface area contributed by atoms with E-state index in [1.54, 1.807) is 41.6 Å². The zero-order chi connectivity index (χ0) is 27.4. The fourth-order valence-electron chi connectivity index (χ4n) is 4.20. The normalized spacial score (nSPS) is 14.7. The van der Waals surface area contributed by atoms with Gasteiger partial charge in [0.2, 0.25) is 17.8 Å². The number of amides is 2. The second-order valence-electron chi connectivity index (χ2n) is 8.91. The summed E-state index contributed by atoms with van der Waals surface area (Å²) in [4.78, 5) is 52.0. The second kappa shape index (κ2) is 11.5. The van der Waals surface area contributed by atoms with E-state index in [0.29, 0.717) is 52.2 Å². The van der Waals surface area contributed by atoms with E-state index in [9.17, 15) is 14.4 Å². The van der Waals surface area contributed by atoms with Crippen molar-refractivity contribution >= 4 is 56.7 Å². The minimum atomic E-state index is -0.618. The van der Waals surface area contributed by atoms with Gasteiger partial charge in [-0.3, -0.25) is 19.8 Å². The van der Waals surface area contributed by atoms with Gasteiger partial charge >= 0.3 is 0 Å². The fraction of sp³-hybridized carbons (Fsp3) is 0.269. The highest BCUT2D eigenvalue weighted by Gasteiger charge is 2.34. The molecule has 4 rings (SSSR count). The first-order chi connectivity index (χ1) is 18.1. The molecule has 1 atom stereocenters. The third kappa shape index (κ3) is 6.02. The number of hydrogen-bond acceptors (Lipinski definition) is 9. The topological polar surface area (TPSA) is 167 Å². The van der Waals surface area contributed by atoms with Crippen molar-refractivity contribution in [2.75, 3.05) is 29.5 Å². The summed E-state index contributed by atoms with van der Waals surface area (Å²) >= 11 is 3.31. The maximum Gasteiger partial charge on any atom is 0.248 e. The second-order valence-corrected chi connectivity index (χ2v) is 9.72. The molecule has 1 unspecified atom stereocenters. The van der Waals surface area contributed by atoms with Gasteiger partial charge in [0.1, 0.15) is 22.2 Å². The molecule has 0 saturated carbocycles. The first-order valence-electron chi connectivity index (χ1n) is 11.9. The molecule has 0 radical (unpaired) electrons. The average Bonchev–Trinajstić information content (AvgIpc) is 3.40. The van der Waals surface area contributed by atoms with Gasteiger partial charge in [0.25, 0.3) is 0 Å². The smallest absolute Gasteiger partial charge is 0.248 e. The number of halogens is 1. The number of nitrogens with one attached hydrogen (secondary N) is 3. The van der Waals surface area contributed by atoms with Gasteiger partial charge in [-0.2, -0.15) is 0 Å². The summed E-state index contributed by atoms with van der Waals surface area (Å²) in [7, 11) is 0.